The van der Waals surface area contributed by atoms with E-state index < -0.39 is 51.0 Å². The average Bonchev–Trinajstić information content (AvgIpc) is 3.91. The summed E-state index contributed by atoms with van der Waals surface area (Å²) in [6, 6.07) is 21.3. The molecule has 69 heavy (non-hydrogen) atoms. The molecule has 4 aromatic carbocycles. The number of anilines is 3. The molecule has 1 spiro atoms. The Hall–Kier alpha value is -6.95. The largest absolute Gasteiger partial charge is 0.453 e. The van der Waals surface area contributed by atoms with Gasteiger partial charge >= 0.3 is 10.2 Å². The molecule has 17 nitrogen and oxygen atoms in total. The molecular weight excluding hydrogens is 911 g/mol. The standard InChI is InChI=1S/C49H48F2N10O7S/c50-32-13-14-59(26-32)69(66,67)55-42-10-8-40(51)45(39(42)23-52)68-36-6-9-41-38(20-36)48(65)61(29-53-41)34-3-1-33(2-4-34)58-27-49(28-58)21-30(22-49)24-56-15-17-57(18-16-56)35-5-7-37-31(19-35)25-60(47(37)64)43-11-12-44(62)54-46(43)63/h1-10,19-20,29-30,32,43,55H,11-18,21-22,24-28H2,(H,54,62,63)/t32-,43+/m1/s1. The highest BCUT2D eigenvalue weighted by Crippen LogP contribution is 2.53. The minimum absolute atomic E-state index is 0.0207. The molecule has 1 aliphatic carbocycles. The van der Waals surface area contributed by atoms with Gasteiger partial charge in [0.2, 0.25) is 11.8 Å². The van der Waals surface area contributed by atoms with Crippen molar-refractivity contribution < 1.29 is 36.3 Å². The summed E-state index contributed by atoms with van der Waals surface area (Å²) < 4.78 is 65.2. The van der Waals surface area contributed by atoms with Crippen molar-refractivity contribution in [3.05, 3.63) is 112 Å². The normalized spacial score (nSPS) is 21.8. The smallest absolute Gasteiger partial charge is 0.301 e. The van der Waals surface area contributed by atoms with Gasteiger partial charge in [0, 0.05) is 94.2 Å². The molecule has 0 radical (unpaired) electrons. The van der Waals surface area contributed by atoms with Crippen molar-refractivity contribution in [3.63, 3.8) is 0 Å². The predicted octanol–water partition coefficient (Wildman–Crippen LogP) is 4.69. The number of carbonyl (C=O) groups is 3. The van der Waals surface area contributed by atoms with Gasteiger partial charge in [-0.15, -0.1) is 0 Å². The van der Waals surface area contributed by atoms with Gasteiger partial charge in [-0.25, -0.2) is 13.8 Å². The van der Waals surface area contributed by atoms with Crippen LogP contribution in [0, 0.1) is 28.5 Å². The molecular formula is C49H48F2N10O7S. The van der Waals surface area contributed by atoms with Gasteiger partial charge in [-0.2, -0.15) is 18.0 Å². The number of alkyl halides is 1. The number of amides is 3. The first kappa shape index (κ1) is 44.5. The average molecular weight is 959 g/mol. The molecule has 20 heteroatoms. The first-order valence-corrected chi connectivity index (χ1v) is 24.6. The maximum atomic E-state index is 15.2. The number of carbonyl (C=O) groups excluding carboxylic acids is 3. The van der Waals surface area contributed by atoms with Crippen LogP contribution in [0.3, 0.4) is 0 Å². The first-order chi connectivity index (χ1) is 33.2. The van der Waals surface area contributed by atoms with Crippen molar-refractivity contribution in [3.8, 4) is 23.3 Å². The molecule has 4 saturated heterocycles. The Morgan fingerprint density at radius 2 is 1.64 bits per heavy atom. The van der Waals surface area contributed by atoms with E-state index in [9.17, 15) is 37.2 Å². The second-order valence-corrected chi connectivity index (χ2v) is 20.8. The molecule has 2 atom stereocenters. The Balaban J connectivity index is 0.674. The van der Waals surface area contributed by atoms with Crippen molar-refractivity contribution in [1.82, 2.24) is 29.0 Å². The molecule has 1 aromatic heterocycles. The van der Waals surface area contributed by atoms with Crippen LogP contribution in [0.25, 0.3) is 16.6 Å². The van der Waals surface area contributed by atoms with Crippen molar-refractivity contribution in [2.75, 3.05) is 73.4 Å². The molecule has 5 aromatic rings. The van der Waals surface area contributed by atoms with E-state index in [-0.39, 0.29) is 54.6 Å². The maximum absolute atomic E-state index is 15.2. The van der Waals surface area contributed by atoms with Gasteiger partial charge in [-0.05, 0) is 110 Å². The van der Waals surface area contributed by atoms with Crippen molar-refractivity contribution in [1.29, 1.82) is 5.26 Å². The van der Waals surface area contributed by atoms with Crippen LogP contribution in [-0.2, 0) is 26.3 Å². The molecule has 356 valence electrons. The lowest BCUT2D eigenvalue weighted by Crippen LogP contribution is -2.64. The highest BCUT2D eigenvalue weighted by Gasteiger charge is 2.52. The van der Waals surface area contributed by atoms with E-state index >= 15 is 4.39 Å². The molecule has 5 aliphatic heterocycles. The van der Waals surface area contributed by atoms with Crippen molar-refractivity contribution in [2.24, 2.45) is 11.3 Å². The summed E-state index contributed by atoms with van der Waals surface area (Å²) in [4.78, 5) is 64.5. The van der Waals surface area contributed by atoms with E-state index in [1.54, 1.807) is 11.0 Å². The summed E-state index contributed by atoms with van der Waals surface area (Å²) in [7, 11) is -4.24. The summed E-state index contributed by atoms with van der Waals surface area (Å²) in [6.45, 7) is 6.72. The number of nitrogens with one attached hydrogen (secondary N) is 2. The monoisotopic (exact) mass is 958 g/mol. The number of halogens is 2. The van der Waals surface area contributed by atoms with Gasteiger partial charge in [-0.3, -0.25) is 38.7 Å². The molecule has 2 N–H and O–H groups in total. The quantitative estimate of drug-likeness (QED) is 0.174. The van der Waals surface area contributed by atoms with E-state index in [2.05, 4.69) is 35.8 Å². The Bertz CT molecular complexity index is 3140. The minimum Gasteiger partial charge on any atom is -0.453 e. The van der Waals surface area contributed by atoms with Gasteiger partial charge in [0.1, 0.15) is 35.9 Å². The number of hydrogen-bond donors (Lipinski definition) is 2. The van der Waals surface area contributed by atoms with E-state index in [4.69, 9.17) is 4.74 Å². The zero-order chi connectivity index (χ0) is 47.8. The summed E-state index contributed by atoms with van der Waals surface area (Å²) in [5.74, 6) is -1.66. The maximum Gasteiger partial charge on any atom is 0.301 e. The number of ether oxygens (including phenoxy) is 1. The van der Waals surface area contributed by atoms with E-state index in [0.29, 0.717) is 41.1 Å². The zero-order valence-electron chi connectivity index (χ0n) is 37.4. The number of benzene rings is 4. The molecule has 11 rings (SSSR count). The molecule has 3 amide bonds. The SMILES string of the molecule is N#Cc1c(NS(=O)(=O)N2CC[C@@H](F)C2)ccc(F)c1Oc1ccc2ncn(-c3ccc(N4CC5(CC(CN6CCN(c7ccc8c(c7)CN([C@H]7CCC(=O)NC7=O)C8=O)CC6)C5)C4)cc3)c(=O)c2c1. The summed E-state index contributed by atoms with van der Waals surface area (Å²) in [5.41, 5.74) is 3.90. The summed E-state index contributed by atoms with van der Waals surface area (Å²) >= 11 is 0. The Morgan fingerprint density at radius 1 is 0.884 bits per heavy atom. The van der Waals surface area contributed by atoms with Crippen LogP contribution in [0.4, 0.5) is 25.8 Å². The molecule has 1 saturated carbocycles. The third kappa shape index (κ3) is 8.31. The van der Waals surface area contributed by atoms with Gasteiger partial charge in [0.25, 0.3) is 11.5 Å². The van der Waals surface area contributed by atoms with Crippen LogP contribution in [0.2, 0.25) is 0 Å². The number of imide groups is 1. The van der Waals surface area contributed by atoms with Crippen molar-refractivity contribution >= 4 is 55.9 Å². The lowest BCUT2D eigenvalue weighted by molar-refractivity contribution is -0.136. The highest BCUT2D eigenvalue weighted by atomic mass is 32.2. The fourth-order valence-electron chi connectivity index (χ4n) is 11.1. The number of nitrogens with zero attached hydrogens (tertiary/aromatic N) is 8. The molecule has 0 bridgehead atoms. The number of piperidine rings is 1. The zero-order valence-corrected chi connectivity index (χ0v) is 38.3. The van der Waals surface area contributed by atoms with Crippen LogP contribution in [0.15, 0.2) is 83.9 Å². The van der Waals surface area contributed by atoms with Crippen molar-refractivity contribution in [2.45, 2.75) is 50.9 Å². The number of piperazine rings is 1. The predicted molar refractivity (Wildman–Crippen MR) is 251 cm³/mol. The van der Waals surface area contributed by atoms with Crippen LogP contribution in [-0.4, -0.2) is 121 Å². The molecule has 6 aliphatic rings. The van der Waals surface area contributed by atoms with Gasteiger partial charge < -0.3 is 19.4 Å². The molecule has 6 heterocycles. The van der Waals surface area contributed by atoms with E-state index in [1.807, 2.05) is 36.4 Å². The van der Waals surface area contributed by atoms with Crippen LogP contribution >= 0.6 is 0 Å². The van der Waals surface area contributed by atoms with Crippen LogP contribution in [0.1, 0.15) is 53.6 Å². The number of rotatable bonds is 11. The lowest BCUT2D eigenvalue weighted by Gasteiger charge is -2.60. The Labute approximate surface area is 396 Å². The topological polar surface area (TPSA) is 194 Å². The minimum atomic E-state index is -4.24. The number of fused-ring (bicyclic) bond motifs is 2. The van der Waals surface area contributed by atoms with Crippen LogP contribution in [0.5, 0.6) is 11.5 Å². The Morgan fingerprint density at radius 3 is 2.36 bits per heavy atom. The third-order valence-corrected chi connectivity index (χ3v) is 16.1. The number of aromatic nitrogens is 2. The van der Waals surface area contributed by atoms with Gasteiger partial charge in [0.15, 0.2) is 11.6 Å². The first-order valence-electron chi connectivity index (χ1n) is 23.2. The number of hydrogen-bond acceptors (Lipinski definition) is 12. The summed E-state index contributed by atoms with van der Waals surface area (Å²) in [6.07, 6.45) is 3.12. The molecule has 0 unspecified atom stereocenters. The fourth-order valence-corrected chi connectivity index (χ4v) is 12.3. The van der Waals surface area contributed by atoms with Gasteiger partial charge in [0.05, 0.1) is 22.3 Å². The second-order valence-electron chi connectivity index (χ2n) is 19.1. The molecule has 5 fully saturated rings. The van der Waals surface area contributed by atoms with Gasteiger partial charge in [-0.1, -0.05) is 0 Å². The second kappa shape index (κ2) is 17.2. The Kier molecular flexibility index (Phi) is 11.1. The summed E-state index contributed by atoms with van der Waals surface area (Å²) in [5, 5.41) is 12.5. The fraction of sp³-hybridized carbons (Fsp3) is 0.388. The van der Waals surface area contributed by atoms with E-state index in [0.717, 1.165) is 79.2 Å². The van der Waals surface area contributed by atoms with E-state index in [1.165, 1.54) is 41.9 Å². The highest BCUT2D eigenvalue weighted by molar-refractivity contribution is 7.90. The number of nitriles is 1. The third-order valence-electron chi connectivity index (χ3n) is 14.6. The lowest BCUT2D eigenvalue weighted by atomic mass is 9.57. The van der Waals surface area contributed by atoms with Crippen LogP contribution < -0.4 is 30.1 Å².